The quantitative estimate of drug-likeness (QED) is 0.638. The van der Waals surface area contributed by atoms with E-state index in [1.807, 2.05) is 13.8 Å². The molecule has 0 rings (SSSR count). The summed E-state index contributed by atoms with van der Waals surface area (Å²) in [4.78, 5) is 11.2. The van der Waals surface area contributed by atoms with Gasteiger partial charge in [-0.1, -0.05) is 39.5 Å². The van der Waals surface area contributed by atoms with Crippen molar-refractivity contribution in [1.29, 1.82) is 0 Å². The zero-order valence-electron chi connectivity index (χ0n) is 15.0. The molecule has 0 aromatic rings. The van der Waals surface area contributed by atoms with Crippen LogP contribution in [0, 0.1) is 23.7 Å². The number of carbonyl (C=O) groups excluding carboxylic acids is 1. The SMILES string of the molecule is COC(C)(C#CC(C)(CC(C)C)OCC(C)=O)CC(C)C. The largest absolute Gasteiger partial charge is 0.366 e. The summed E-state index contributed by atoms with van der Waals surface area (Å²) in [5.74, 6) is 7.42. The van der Waals surface area contributed by atoms with Crippen LogP contribution in [-0.2, 0) is 14.3 Å². The van der Waals surface area contributed by atoms with E-state index in [4.69, 9.17) is 9.47 Å². The number of rotatable bonds is 8. The molecule has 2 unspecified atom stereocenters. The molecule has 0 saturated heterocycles. The first-order valence-electron chi connectivity index (χ1n) is 7.75. The van der Waals surface area contributed by atoms with Gasteiger partial charge in [-0.05, 0) is 45.4 Å². The summed E-state index contributed by atoms with van der Waals surface area (Å²) in [5, 5.41) is 0. The molecule has 2 atom stereocenters. The van der Waals surface area contributed by atoms with Crippen LogP contribution in [0.4, 0.5) is 0 Å². The van der Waals surface area contributed by atoms with E-state index in [1.54, 1.807) is 7.11 Å². The fourth-order valence-electron chi connectivity index (χ4n) is 2.41. The van der Waals surface area contributed by atoms with Crippen molar-refractivity contribution in [3.05, 3.63) is 0 Å². The van der Waals surface area contributed by atoms with Crippen molar-refractivity contribution in [3.8, 4) is 11.8 Å². The Balaban J connectivity index is 5.18. The van der Waals surface area contributed by atoms with Crippen molar-refractivity contribution in [2.24, 2.45) is 11.8 Å². The van der Waals surface area contributed by atoms with Crippen LogP contribution in [0.5, 0.6) is 0 Å². The second-order valence-corrected chi connectivity index (χ2v) is 7.10. The lowest BCUT2D eigenvalue weighted by Gasteiger charge is -2.28. The van der Waals surface area contributed by atoms with E-state index in [2.05, 4.69) is 39.5 Å². The Labute approximate surface area is 130 Å². The number of ether oxygens (including phenoxy) is 2. The molecule has 0 bridgehead atoms. The highest BCUT2D eigenvalue weighted by atomic mass is 16.5. The Morgan fingerprint density at radius 1 is 1.00 bits per heavy atom. The second-order valence-electron chi connectivity index (χ2n) is 7.10. The van der Waals surface area contributed by atoms with E-state index in [-0.39, 0.29) is 12.4 Å². The first-order valence-corrected chi connectivity index (χ1v) is 7.75. The van der Waals surface area contributed by atoms with Crippen LogP contribution in [0.3, 0.4) is 0 Å². The maximum Gasteiger partial charge on any atom is 0.155 e. The van der Waals surface area contributed by atoms with Crippen LogP contribution in [0.1, 0.15) is 61.3 Å². The van der Waals surface area contributed by atoms with Gasteiger partial charge in [0, 0.05) is 7.11 Å². The molecule has 0 aliphatic carbocycles. The molecule has 0 saturated carbocycles. The predicted molar refractivity (Wildman–Crippen MR) is 87.1 cm³/mol. The zero-order chi connectivity index (χ0) is 16.7. The van der Waals surface area contributed by atoms with Crippen LogP contribution < -0.4 is 0 Å². The fourth-order valence-corrected chi connectivity index (χ4v) is 2.41. The summed E-state index contributed by atoms with van der Waals surface area (Å²) in [7, 11) is 1.69. The molecule has 0 aliphatic rings. The summed E-state index contributed by atoms with van der Waals surface area (Å²) in [6.45, 7) is 14.1. The van der Waals surface area contributed by atoms with Gasteiger partial charge in [0.2, 0.25) is 0 Å². The average molecular weight is 296 g/mol. The number of Topliss-reactive ketones (excluding diaryl/α,β-unsaturated/α-hetero) is 1. The highest BCUT2D eigenvalue weighted by Crippen LogP contribution is 2.23. The maximum absolute atomic E-state index is 11.2. The highest BCUT2D eigenvalue weighted by molar-refractivity contribution is 5.76. The molecule has 3 nitrogen and oxygen atoms in total. The van der Waals surface area contributed by atoms with Crippen molar-refractivity contribution >= 4 is 5.78 Å². The topological polar surface area (TPSA) is 35.5 Å². The summed E-state index contributed by atoms with van der Waals surface area (Å²) >= 11 is 0. The zero-order valence-corrected chi connectivity index (χ0v) is 15.0. The molecular formula is C18H32O3. The molecule has 0 amide bonds. The van der Waals surface area contributed by atoms with E-state index in [9.17, 15) is 4.79 Å². The van der Waals surface area contributed by atoms with Gasteiger partial charge in [0.25, 0.3) is 0 Å². The van der Waals surface area contributed by atoms with Crippen LogP contribution >= 0.6 is 0 Å². The molecule has 0 heterocycles. The molecule has 0 N–H and O–H groups in total. The van der Waals surface area contributed by atoms with Gasteiger partial charge < -0.3 is 9.47 Å². The van der Waals surface area contributed by atoms with Crippen LogP contribution in [0.2, 0.25) is 0 Å². The molecule has 122 valence electrons. The fraction of sp³-hybridized carbons (Fsp3) is 0.833. The van der Waals surface area contributed by atoms with Crippen molar-refractivity contribution in [3.63, 3.8) is 0 Å². The summed E-state index contributed by atoms with van der Waals surface area (Å²) < 4.78 is 11.3. The van der Waals surface area contributed by atoms with Crippen molar-refractivity contribution in [2.45, 2.75) is 72.5 Å². The van der Waals surface area contributed by atoms with E-state index in [1.165, 1.54) is 6.92 Å². The van der Waals surface area contributed by atoms with Gasteiger partial charge in [0.1, 0.15) is 17.8 Å². The smallest absolute Gasteiger partial charge is 0.155 e. The minimum atomic E-state index is -0.614. The average Bonchev–Trinajstić information content (AvgIpc) is 2.33. The van der Waals surface area contributed by atoms with E-state index in [0.717, 1.165) is 12.8 Å². The van der Waals surface area contributed by atoms with Crippen LogP contribution in [0.15, 0.2) is 0 Å². The molecule has 0 radical (unpaired) electrons. The normalized spacial score (nSPS) is 17.0. The van der Waals surface area contributed by atoms with Gasteiger partial charge in [0.05, 0.1) is 0 Å². The van der Waals surface area contributed by atoms with Gasteiger partial charge in [-0.3, -0.25) is 4.79 Å². The van der Waals surface area contributed by atoms with Gasteiger partial charge in [-0.25, -0.2) is 0 Å². The summed E-state index contributed by atoms with van der Waals surface area (Å²) in [6.07, 6.45) is 1.65. The summed E-state index contributed by atoms with van der Waals surface area (Å²) in [5.41, 5.74) is -1.09. The molecule has 3 heteroatoms. The third kappa shape index (κ3) is 8.90. The summed E-state index contributed by atoms with van der Waals surface area (Å²) in [6, 6.07) is 0. The third-order valence-corrected chi connectivity index (χ3v) is 3.23. The number of methoxy groups -OCH3 is 1. The second kappa shape index (κ2) is 8.56. The molecule has 21 heavy (non-hydrogen) atoms. The number of hydrogen-bond donors (Lipinski definition) is 0. The molecule has 0 spiro atoms. The highest BCUT2D eigenvalue weighted by Gasteiger charge is 2.27. The predicted octanol–water partition coefficient (Wildman–Crippen LogP) is 3.85. The number of carbonyl (C=O) groups is 1. The molecular weight excluding hydrogens is 264 g/mol. The lowest BCUT2D eigenvalue weighted by Crippen LogP contribution is -2.33. The van der Waals surface area contributed by atoms with Crippen LogP contribution in [0.25, 0.3) is 0 Å². The van der Waals surface area contributed by atoms with Crippen molar-refractivity contribution < 1.29 is 14.3 Å². The molecule has 0 fully saturated rings. The Morgan fingerprint density at radius 3 is 1.81 bits per heavy atom. The van der Waals surface area contributed by atoms with E-state index in [0.29, 0.717) is 11.8 Å². The minimum Gasteiger partial charge on any atom is -0.366 e. The van der Waals surface area contributed by atoms with E-state index >= 15 is 0 Å². The van der Waals surface area contributed by atoms with Gasteiger partial charge in [-0.2, -0.15) is 0 Å². The Kier molecular flexibility index (Phi) is 8.21. The Bertz CT molecular complexity index is 389. The van der Waals surface area contributed by atoms with E-state index < -0.39 is 11.2 Å². The third-order valence-electron chi connectivity index (χ3n) is 3.23. The first kappa shape index (κ1) is 20.1. The number of ketones is 1. The van der Waals surface area contributed by atoms with Gasteiger partial charge in [-0.15, -0.1) is 0 Å². The standard InChI is InChI=1S/C18H32O3/c1-14(2)11-17(6,20-8)9-10-18(7,12-15(3)4)21-13-16(5)19/h14-15H,11-13H2,1-8H3. The number of hydrogen-bond acceptors (Lipinski definition) is 3. The lowest BCUT2D eigenvalue weighted by molar-refractivity contribution is -0.125. The van der Waals surface area contributed by atoms with Gasteiger partial charge >= 0.3 is 0 Å². The Morgan fingerprint density at radius 2 is 1.43 bits per heavy atom. The Hall–Kier alpha value is -0.850. The van der Waals surface area contributed by atoms with Crippen LogP contribution in [-0.4, -0.2) is 30.7 Å². The molecule has 0 aromatic heterocycles. The maximum atomic E-state index is 11.2. The minimum absolute atomic E-state index is 0.0171. The molecule has 0 aromatic carbocycles. The molecule has 0 aliphatic heterocycles. The van der Waals surface area contributed by atoms with Crippen molar-refractivity contribution in [1.82, 2.24) is 0 Å². The first-order chi connectivity index (χ1) is 9.52. The lowest BCUT2D eigenvalue weighted by atomic mass is 9.90. The monoisotopic (exact) mass is 296 g/mol. The van der Waals surface area contributed by atoms with Crippen molar-refractivity contribution in [2.75, 3.05) is 13.7 Å². The van der Waals surface area contributed by atoms with Gasteiger partial charge in [0.15, 0.2) is 5.78 Å².